The third-order valence-corrected chi connectivity index (χ3v) is 12.4. The van der Waals surface area contributed by atoms with Crippen LogP contribution in [0.1, 0.15) is 25.0 Å². The van der Waals surface area contributed by atoms with E-state index in [2.05, 4.69) is 183 Å². The first-order valence-corrected chi connectivity index (χ1v) is 18.7. The van der Waals surface area contributed by atoms with E-state index in [1.807, 2.05) is 11.3 Å². The smallest absolute Gasteiger partial charge is 0.159 e. The van der Waals surface area contributed by atoms with Crippen LogP contribution in [0.4, 0.5) is 17.1 Å². The summed E-state index contributed by atoms with van der Waals surface area (Å²) in [6.45, 7) is 4.69. The van der Waals surface area contributed by atoms with E-state index in [4.69, 9.17) is 4.42 Å². The van der Waals surface area contributed by atoms with E-state index in [-0.39, 0.29) is 5.41 Å². The third-order valence-electron chi connectivity index (χ3n) is 11.3. The SMILES string of the molecule is CC1(C)c2ccccc2-c2ccc(-c3ccc(N(c4cccc5c4oc4c6ccccc6ccc54)c4cccc5sc6ccccc6c45)cc3)cc21. The van der Waals surface area contributed by atoms with E-state index in [9.17, 15) is 0 Å². The van der Waals surface area contributed by atoms with Gasteiger partial charge in [-0.2, -0.15) is 0 Å². The van der Waals surface area contributed by atoms with Crippen molar-refractivity contribution < 1.29 is 4.42 Å². The Balaban J connectivity index is 1.12. The predicted octanol–water partition coefficient (Wildman–Crippen LogP) is 14.6. The fourth-order valence-corrected chi connectivity index (χ4v) is 9.85. The third kappa shape index (κ3) is 4.17. The second-order valence-corrected chi connectivity index (χ2v) is 15.6. The van der Waals surface area contributed by atoms with Crippen molar-refractivity contribution in [3.8, 4) is 22.3 Å². The fraction of sp³-hybridized carbons (Fsp3) is 0.0612. The van der Waals surface area contributed by atoms with E-state index >= 15 is 0 Å². The molecule has 0 saturated heterocycles. The van der Waals surface area contributed by atoms with Crippen molar-refractivity contribution in [1.82, 2.24) is 0 Å². The number of para-hydroxylation sites is 1. The molecule has 1 aliphatic carbocycles. The normalized spacial score (nSPS) is 13.3. The van der Waals surface area contributed by atoms with Gasteiger partial charge >= 0.3 is 0 Å². The number of benzene rings is 8. The zero-order valence-electron chi connectivity index (χ0n) is 28.9. The summed E-state index contributed by atoms with van der Waals surface area (Å²) in [5.41, 5.74) is 12.9. The average molecular weight is 684 g/mol. The highest BCUT2D eigenvalue weighted by Gasteiger charge is 2.35. The number of furan rings is 1. The first kappa shape index (κ1) is 29.6. The van der Waals surface area contributed by atoms with Crippen LogP contribution in [0.15, 0.2) is 168 Å². The van der Waals surface area contributed by atoms with Crippen LogP contribution < -0.4 is 4.90 Å². The van der Waals surface area contributed by atoms with Gasteiger partial charge in [-0.05, 0) is 87.3 Å². The maximum Gasteiger partial charge on any atom is 0.159 e. The van der Waals surface area contributed by atoms with Gasteiger partial charge in [-0.3, -0.25) is 0 Å². The zero-order valence-corrected chi connectivity index (χ0v) is 29.7. The molecule has 11 rings (SSSR count). The van der Waals surface area contributed by atoms with E-state index in [0.29, 0.717) is 0 Å². The largest absolute Gasteiger partial charge is 0.453 e. The first-order valence-electron chi connectivity index (χ1n) is 17.9. The highest BCUT2D eigenvalue weighted by Crippen LogP contribution is 2.51. The Hall–Kier alpha value is -6.16. The number of anilines is 3. The average Bonchev–Trinajstić information content (AvgIpc) is 3.84. The van der Waals surface area contributed by atoms with Gasteiger partial charge in [0.05, 0.1) is 11.4 Å². The van der Waals surface area contributed by atoms with E-state index < -0.39 is 0 Å². The van der Waals surface area contributed by atoms with Gasteiger partial charge in [0.1, 0.15) is 5.58 Å². The molecule has 52 heavy (non-hydrogen) atoms. The lowest BCUT2D eigenvalue weighted by molar-refractivity contribution is 0.660. The summed E-state index contributed by atoms with van der Waals surface area (Å²) in [5.74, 6) is 0. The van der Waals surface area contributed by atoms with Gasteiger partial charge in [-0.15, -0.1) is 11.3 Å². The standard InChI is InChI=1S/C49H33NOS/c1-49(2)40-16-7-5-13-35(40)36-27-24-32(29-41(36)49)30-21-25-33(26-22-30)50(42-17-10-20-45-46(42)39-14-6-8-19-44(39)52-45)43-18-9-15-37-38-28-23-31-11-3-4-12-34(31)47(38)51-48(37)43/h3-29H,1-2H3. The summed E-state index contributed by atoms with van der Waals surface area (Å²) < 4.78 is 9.50. The van der Waals surface area contributed by atoms with Gasteiger partial charge in [0, 0.05) is 47.4 Å². The summed E-state index contributed by atoms with van der Waals surface area (Å²) in [6, 6.07) is 59.8. The Kier molecular flexibility index (Phi) is 6.21. The van der Waals surface area contributed by atoms with Crippen LogP contribution >= 0.6 is 11.3 Å². The molecule has 0 bridgehead atoms. The van der Waals surface area contributed by atoms with E-state index in [0.717, 1.165) is 44.4 Å². The van der Waals surface area contributed by atoms with Crippen molar-refractivity contribution >= 4 is 81.3 Å². The number of hydrogen-bond acceptors (Lipinski definition) is 3. The lowest BCUT2D eigenvalue weighted by atomic mass is 9.81. The van der Waals surface area contributed by atoms with Gasteiger partial charge in [0.2, 0.25) is 0 Å². The van der Waals surface area contributed by atoms with Gasteiger partial charge in [0.25, 0.3) is 0 Å². The molecule has 0 radical (unpaired) electrons. The molecule has 8 aromatic carbocycles. The first-order chi connectivity index (χ1) is 25.5. The van der Waals surface area contributed by atoms with Crippen LogP contribution in [-0.4, -0.2) is 0 Å². The highest BCUT2D eigenvalue weighted by atomic mass is 32.1. The molecule has 246 valence electrons. The zero-order chi connectivity index (χ0) is 34.6. The maximum atomic E-state index is 6.94. The molecule has 0 spiro atoms. The molecule has 2 nitrogen and oxygen atoms in total. The van der Waals surface area contributed by atoms with Crippen LogP contribution in [0.3, 0.4) is 0 Å². The molecule has 2 heterocycles. The van der Waals surface area contributed by atoms with E-state index in [1.165, 1.54) is 58.9 Å². The van der Waals surface area contributed by atoms with Crippen LogP contribution in [0, 0.1) is 0 Å². The van der Waals surface area contributed by atoms with Crippen molar-refractivity contribution in [2.24, 2.45) is 0 Å². The van der Waals surface area contributed by atoms with Crippen molar-refractivity contribution in [3.63, 3.8) is 0 Å². The number of rotatable bonds is 4. The minimum absolute atomic E-state index is 0.0444. The Bertz CT molecular complexity index is 3050. The molecule has 0 fully saturated rings. The van der Waals surface area contributed by atoms with Crippen molar-refractivity contribution in [2.75, 3.05) is 4.90 Å². The van der Waals surface area contributed by atoms with Crippen LogP contribution in [-0.2, 0) is 5.41 Å². The van der Waals surface area contributed by atoms with Crippen molar-refractivity contribution in [1.29, 1.82) is 0 Å². The van der Waals surface area contributed by atoms with Gasteiger partial charge in [-0.25, -0.2) is 0 Å². The quantitative estimate of drug-likeness (QED) is 0.184. The molecule has 2 aromatic heterocycles. The number of thiophene rings is 1. The van der Waals surface area contributed by atoms with Crippen molar-refractivity contribution in [3.05, 3.63) is 175 Å². The Morgan fingerprint density at radius 1 is 0.481 bits per heavy atom. The molecule has 0 amide bonds. The molecule has 0 saturated carbocycles. The van der Waals surface area contributed by atoms with Gasteiger partial charge in [-0.1, -0.05) is 129 Å². The number of nitrogens with zero attached hydrogens (tertiary/aromatic N) is 1. The molecule has 1 aliphatic rings. The second kappa shape index (κ2) is 10.9. The Labute approximate surface area is 305 Å². The van der Waals surface area contributed by atoms with E-state index in [1.54, 1.807) is 0 Å². The monoisotopic (exact) mass is 683 g/mol. The molecule has 10 aromatic rings. The van der Waals surface area contributed by atoms with Crippen LogP contribution in [0.5, 0.6) is 0 Å². The molecule has 0 aliphatic heterocycles. The van der Waals surface area contributed by atoms with Crippen LogP contribution in [0.2, 0.25) is 0 Å². The minimum Gasteiger partial charge on any atom is -0.453 e. The van der Waals surface area contributed by atoms with Gasteiger partial charge in [0.15, 0.2) is 5.58 Å². The maximum absolute atomic E-state index is 6.94. The lowest BCUT2D eigenvalue weighted by Crippen LogP contribution is -2.14. The fourth-order valence-electron chi connectivity index (χ4n) is 8.72. The molecule has 0 N–H and O–H groups in total. The van der Waals surface area contributed by atoms with Crippen LogP contribution in [0.25, 0.3) is 75.1 Å². The lowest BCUT2D eigenvalue weighted by Gasteiger charge is -2.27. The highest BCUT2D eigenvalue weighted by molar-refractivity contribution is 7.26. The minimum atomic E-state index is -0.0444. The molecule has 3 heteroatoms. The Morgan fingerprint density at radius 3 is 2.06 bits per heavy atom. The van der Waals surface area contributed by atoms with Crippen molar-refractivity contribution in [2.45, 2.75) is 19.3 Å². The summed E-state index contributed by atoms with van der Waals surface area (Å²) in [5, 5.41) is 7.08. The summed E-state index contributed by atoms with van der Waals surface area (Å²) in [7, 11) is 0. The Morgan fingerprint density at radius 2 is 1.15 bits per heavy atom. The molecule has 0 unspecified atom stereocenters. The second-order valence-electron chi connectivity index (χ2n) is 14.5. The number of hydrogen-bond donors (Lipinski definition) is 0. The molecular formula is C49H33NOS. The number of fused-ring (bicyclic) bond motifs is 11. The predicted molar refractivity (Wildman–Crippen MR) is 222 cm³/mol. The summed E-state index contributed by atoms with van der Waals surface area (Å²) in [6.07, 6.45) is 0. The molecule has 0 atom stereocenters. The summed E-state index contributed by atoms with van der Waals surface area (Å²) >= 11 is 1.85. The molecular weight excluding hydrogens is 651 g/mol. The topological polar surface area (TPSA) is 16.4 Å². The van der Waals surface area contributed by atoms with Gasteiger partial charge < -0.3 is 9.32 Å². The summed E-state index contributed by atoms with van der Waals surface area (Å²) in [4.78, 5) is 2.40.